The van der Waals surface area contributed by atoms with Crippen molar-refractivity contribution >= 4 is 33.2 Å². The Morgan fingerprint density at radius 3 is 2.75 bits per heavy atom. The van der Waals surface area contributed by atoms with Crippen LogP contribution in [0.5, 0.6) is 5.75 Å². The molecule has 0 fully saturated rings. The Labute approximate surface area is 107 Å². The van der Waals surface area contributed by atoms with Crippen molar-refractivity contribution in [2.24, 2.45) is 0 Å². The molecule has 0 atom stereocenters. The Morgan fingerprint density at radius 1 is 1.69 bits per heavy atom. The number of rotatable bonds is 5. The number of ether oxygens (including phenoxy) is 1. The first-order valence-electron chi connectivity index (χ1n) is 4.75. The molecule has 5 heteroatoms. The largest absolute Gasteiger partial charge is 0.487 e. The lowest BCUT2D eigenvalue weighted by Crippen LogP contribution is -2.00. The van der Waals surface area contributed by atoms with Crippen LogP contribution in [0.4, 0.5) is 0 Å². The fraction of sp³-hybridized carbons (Fsp3) is 0.364. The predicted molar refractivity (Wildman–Crippen MR) is 68.9 cm³/mol. The quantitative estimate of drug-likeness (QED) is 0.898. The van der Waals surface area contributed by atoms with Crippen molar-refractivity contribution in [1.29, 1.82) is 0 Å². The van der Waals surface area contributed by atoms with Crippen LogP contribution in [0.25, 0.3) is 0 Å². The number of hydrogen-bond acceptors (Lipinski definition) is 3. The topological polar surface area (TPSA) is 46.5 Å². The third kappa shape index (κ3) is 3.35. The number of hydrogen-bond donors (Lipinski definition) is 1. The first kappa shape index (κ1) is 13.3. The molecule has 0 spiro atoms. The number of carbonyl (C=O) groups is 1. The predicted octanol–water partition coefficient (Wildman–Crippen LogP) is 3.86. The van der Waals surface area contributed by atoms with E-state index in [4.69, 9.17) is 9.84 Å². The minimum atomic E-state index is -0.952. The van der Waals surface area contributed by atoms with Gasteiger partial charge in [-0.25, -0.2) is 4.79 Å². The maximum absolute atomic E-state index is 11.0. The molecule has 0 aliphatic rings. The lowest BCUT2D eigenvalue weighted by atomic mass is 10.2. The van der Waals surface area contributed by atoms with Crippen molar-refractivity contribution in [1.82, 2.24) is 0 Å². The molecular formula is C11H13BrO3S. The van der Waals surface area contributed by atoms with Crippen LogP contribution >= 0.6 is 27.3 Å². The van der Waals surface area contributed by atoms with Gasteiger partial charge < -0.3 is 9.84 Å². The minimum absolute atomic E-state index is 0.248. The molecule has 0 unspecified atom stereocenters. The molecule has 0 amide bonds. The summed E-state index contributed by atoms with van der Waals surface area (Å²) in [6.45, 7) is 7.94. The van der Waals surface area contributed by atoms with Gasteiger partial charge in [-0.3, -0.25) is 0 Å². The molecule has 3 nitrogen and oxygen atoms in total. The molecule has 88 valence electrons. The third-order valence-electron chi connectivity index (χ3n) is 1.86. The molecule has 0 saturated heterocycles. The zero-order valence-corrected chi connectivity index (χ0v) is 11.5. The van der Waals surface area contributed by atoms with E-state index in [2.05, 4.69) is 22.5 Å². The second-order valence-electron chi connectivity index (χ2n) is 3.61. The summed E-state index contributed by atoms with van der Waals surface area (Å²) in [5.74, 6) is -0.235. The van der Waals surface area contributed by atoms with Crippen molar-refractivity contribution in [3.8, 4) is 5.75 Å². The van der Waals surface area contributed by atoms with Crippen LogP contribution in [0.1, 0.15) is 34.3 Å². The Hall–Kier alpha value is -0.810. The lowest BCUT2D eigenvalue weighted by molar-refractivity contribution is 0.0698. The van der Waals surface area contributed by atoms with E-state index in [1.54, 1.807) is 6.07 Å². The van der Waals surface area contributed by atoms with Crippen LogP contribution in [-0.4, -0.2) is 17.7 Å². The highest BCUT2D eigenvalue weighted by atomic mass is 79.9. The highest BCUT2D eigenvalue weighted by molar-refractivity contribution is 9.11. The highest BCUT2D eigenvalue weighted by Crippen LogP contribution is 2.34. The van der Waals surface area contributed by atoms with E-state index in [1.807, 2.05) is 13.8 Å². The van der Waals surface area contributed by atoms with Crippen LogP contribution in [0.2, 0.25) is 0 Å². The van der Waals surface area contributed by atoms with Crippen LogP contribution < -0.4 is 4.74 Å². The van der Waals surface area contributed by atoms with Gasteiger partial charge in [-0.05, 0) is 12.0 Å². The molecule has 0 bridgehead atoms. The number of halogens is 1. The van der Waals surface area contributed by atoms with Crippen molar-refractivity contribution in [3.63, 3.8) is 0 Å². The second-order valence-corrected chi connectivity index (χ2v) is 5.81. The monoisotopic (exact) mass is 304 g/mol. The fourth-order valence-corrected chi connectivity index (χ4v) is 2.15. The molecule has 1 rings (SSSR count). The van der Waals surface area contributed by atoms with Gasteiger partial charge in [-0.2, -0.15) is 0 Å². The van der Waals surface area contributed by atoms with Crippen molar-refractivity contribution in [2.75, 3.05) is 6.61 Å². The fourth-order valence-electron chi connectivity index (χ4n) is 1.09. The molecule has 1 aromatic heterocycles. The van der Waals surface area contributed by atoms with Crippen molar-refractivity contribution in [2.45, 2.75) is 19.8 Å². The Bertz CT molecular complexity index is 409. The van der Waals surface area contributed by atoms with E-state index in [0.717, 1.165) is 4.88 Å². The van der Waals surface area contributed by atoms with Crippen LogP contribution in [-0.2, 0) is 0 Å². The van der Waals surface area contributed by atoms with Crippen molar-refractivity contribution < 1.29 is 14.6 Å². The van der Waals surface area contributed by atoms with Crippen LogP contribution in [0.3, 0.4) is 0 Å². The lowest BCUT2D eigenvalue weighted by Gasteiger charge is -2.03. The summed E-state index contributed by atoms with van der Waals surface area (Å²) >= 11 is 4.42. The van der Waals surface area contributed by atoms with E-state index in [1.165, 1.54) is 11.3 Å². The van der Waals surface area contributed by atoms with Gasteiger partial charge in [0.1, 0.15) is 12.4 Å². The van der Waals surface area contributed by atoms with Crippen LogP contribution in [0, 0.1) is 0 Å². The molecule has 1 aromatic rings. The molecule has 0 aromatic carbocycles. The average Bonchev–Trinajstić information content (AvgIpc) is 2.58. The van der Waals surface area contributed by atoms with Gasteiger partial charge in [0.2, 0.25) is 0 Å². The molecular weight excluding hydrogens is 292 g/mol. The molecule has 0 radical (unpaired) electrons. The molecule has 0 saturated carbocycles. The maximum Gasteiger partial charge on any atom is 0.349 e. The summed E-state index contributed by atoms with van der Waals surface area (Å²) < 4.78 is 6.06. The molecule has 16 heavy (non-hydrogen) atoms. The Balaban J connectivity index is 2.96. The van der Waals surface area contributed by atoms with E-state index < -0.39 is 5.97 Å². The molecule has 0 aliphatic carbocycles. The van der Waals surface area contributed by atoms with Gasteiger partial charge in [0.25, 0.3) is 0 Å². The first-order chi connectivity index (χ1) is 7.41. The minimum Gasteiger partial charge on any atom is -0.487 e. The smallest absolute Gasteiger partial charge is 0.349 e. The summed E-state index contributed by atoms with van der Waals surface area (Å²) in [6, 6.07) is 1.79. The zero-order chi connectivity index (χ0) is 12.3. The maximum atomic E-state index is 11.0. The van der Waals surface area contributed by atoms with Gasteiger partial charge in [0.05, 0.1) is 0 Å². The van der Waals surface area contributed by atoms with Crippen LogP contribution in [0.15, 0.2) is 17.1 Å². The summed E-state index contributed by atoms with van der Waals surface area (Å²) in [5.41, 5.74) is 0. The van der Waals surface area contributed by atoms with E-state index in [-0.39, 0.29) is 11.5 Å². The van der Waals surface area contributed by atoms with Gasteiger partial charge in [-0.15, -0.1) is 11.3 Å². The number of thiophene rings is 1. The SMILES string of the molecule is C=C(Br)COc1cc(C(C)C)sc1C(=O)O. The Kier molecular flexibility index (Phi) is 4.56. The number of carboxylic acid groups (broad SMARTS) is 1. The van der Waals surface area contributed by atoms with Crippen molar-refractivity contribution in [3.05, 3.63) is 26.9 Å². The van der Waals surface area contributed by atoms with E-state index in [9.17, 15) is 4.79 Å². The second kappa shape index (κ2) is 5.50. The molecule has 1 heterocycles. The third-order valence-corrected chi connectivity index (χ3v) is 3.50. The van der Waals surface area contributed by atoms with E-state index >= 15 is 0 Å². The normalized spacial score (nSPS) is 10.5. The van der Waals surface area contributed by atoms with E-state index in [0.29, 0.717) is 16.1 Å². The highest BCUT2D eigenvalue weighted by Gasteiger charge is 2.18. The van der Waals surface area contributed by atoms with Gasteiger partial charge >= 0.3 is 5.97 Å². The standard InChI is InChI=1S/C11H13BrO3S/c1-6(2)9-4-8(15-5-7(3)12)10(16-9)11(13)14/h4,6H,3,5H2,1-2H3,(H,13,14). The summed E-state index contributed by atoms with van der Waals surface area (Å²) in [6.07, 6.45) is 0. The van der Waals surface area contributed by atoms with Gasteiger partial charge in [0, 0.05) is 9.36 Å². The van der Waals surface area contributed by atoms with Gasteiger partial charge in [0.15, 0.2) is 4.88 Å². The summed E-state index contributed by atoms with van der Waals surface area (Å²) in [7, 11) is 0. The van der Waals surface area contributed by atoms with Gasteiger partial charge in [-0.1, -0.05) is 36.4 Å². The Morgan fingerprint density at radius 2 is 2.31 bits per heavy atom. The average molecular weight is 305 g/mol. The number of carboxylic acids is 1. The summed E-state index contributed by atoms with van der Waals surface area (Å²) in [5, 5.41) is 9.02. The molecule has 1 N–H and O–H groups in total. The molecule has 0 aliphatic heterocycles. The number of aromatic carboxylic acids is 1. The first-order valence-corrected chi connectivity index (χ1v) is 6.36. The summed E-state index contributed by atoms with van der Waals surface area (Å²) in [4.78, 5) is 12.3. The zero-order valence-electron chi connectivity index (χ0n) is 9.12.